The van der Waals surface area contributed by atoms with Crippen LogP contribution in [-0.2, 0) is 6.42 Å². The molecule has 2 rings (SSSR count). The molecule has 0 atom stereocenters. The molecule has 0 saturated heterocycles. The molecule has 0 aliphatic rings. The smallest absolute Gasteiger partial charge is 0.336 e. The van der Waals surface area contributed by atoms with Gasteiger partial charge >= 0.3 is 11.9 Å². The minimum absolute atomic E-state index is 0.116. The van der Waals surface area contributed by atoms with E-state index in [1.54, 1.807) is 6.92 Å². The highest BCUT2D eigenvalue weighted by Crippen LogP contribution is 2.25. The van der Waals surface area contributed by atoms with E-state index in [4.69, 9.17) is 0 Å². The van der Waals surface area contributed by atoms with E-state index in [2.05, 4.69) is 0 Å². The molecule has 0 aliphatic heterocycles. The van der Waals surface area contributed by atoms with Crippen LogP contribution in [0.1, 0.15) is 43.0 Å². The third-order valence-corrected chi connectivity index (χ3v) is 3.64. The number of aromatic carboxylic acids is 2. The number of rotatable bonds is 4. The van der Waals surface area contributed by atoms with E-state index in [1.807, 2.05) is 37.3 Å². The summed E-state index contributed by atoms with van der Waals surface area (Å²) in [6.45, 7) is 3.62. The summed E-state index contributed by atoms with van der Waals surface area (Å²) in [5, 5.41) is 18.7. The molecule has 2 aromatic carbocycles. The topological polar surface area (TPSA) is 74.6 Å². The molecule has 0 bridgehead atoms. The average Bonchev–Trinajstić information content (AvgIpc) is 2.44. The molecule has 21 heavy (non-hydrogen) atoms. The zero-order valence-corrected chi connectivity index (χ0v) is 11.9. The highest BCUT2D eigenvalue weighted by molar-refractivity contribution is 6.03. The fourth-order valence-corrected chi connectivity index (χ4v) is 2.42. The molecule has 4 nitrogen and oxygen atoms in total. The van der Waals surface area contributed by atoms with Gasteiger partial charge in [-0.15, -0.1) is 0 Å². The Morgan fingerprint density at radius 2 is 1.62 bits per heavy atom. The van der Waals surface area contributed by atoms with Crippen molar-refractivity contribution < 1.29 is 19.8 Å². The SMILES string of the molecule is Cc1cc(C(=O)O)c(C(=O)O)c(Cc2ccccc2)c1C. The van der Waals surface area contributed by atoms with Crippen LogP contribution in [0.3, 0.4) is 0 Å². The van der Waals surface area contributed by atoms with Gasteiger partial charge in [-0.2, -0.15) is 0 Å². The molecular weight excluding hydrogens is 268 g/mol. The van der Waals surface area contributed by atoms with Crippen LogP contribution in [0.5, 0.6) is 0 Å². The molecule has 108 valence electrons. The number of carbonyl (C=O) groups is 2. The molecule has 2 aromatic rings. The van der Waals surface area contributed by atoms with E-state index in [0.29, 0.717) is 12.0 Å². The van der Waals surface area contributed by atoms with Gasteiger partial charge in [-0.1, -0.05) is 30.3 Å². The van der Waals surface area contributed by atoms with E-state index in [9.17, 15) is 19.8 Å². The lowest BCUT2D eigenvalue weighted by Crippen LogP contribution is -2.14. The number of hydrogen-bond donors (Lipinski definition) is 2. The lowest BCUT2D eigenvalue weighted by atomic mass is 9.89. The molecule has 4 heteroatoms. The second-order valence-electron chi connectivity index (χ2n) is 4.99. The number of hydrogen-bond acceptors (Lipinski definition) is 2. The van der Waals surface area contributed by atoms with Gasteiger partial charge in [0.25, 0.3) is 0 Å². The predicted octanol–water partition coefficient (Wildman–Crippen LogP) is 3.29. The van der Waals surface area contributed by atoms with Gasteiger partial charge in [-0.25, -0.2) is 9.59 Å². The van der Waals surface area contributed by atoms with Crippen LogP contribution >= 0.6 is 0 Å². The van der Waals surface area contributed by atoms with Crippen molar-refractivity contribution in [1.29, 1.82) is 0 Å². The van der Waals surface area contributed by atoms with Crippen LogP contribution in [0.4, 0.5) is 0 Å². The Hall–Kier alpha value is -2.62. The lowest BCUT2D eigenvalue weighted by Gasteiger charge is -2.15. The van der Waals surface area contributed by atoms with E-state index in [1.165, 1.54) is 6.07 Å². The minimum Gasteiger partial charge on any atom is -0.478 e. The summed E-state index contributed by atoms with van der Waals surface area (Å²) in [6.07, 6.45) is 0.399. The summed E-state index contributed by atoms with van der Waals surface area (Å²) in [7, 11) is 0. The van der Waals surface area contributed by atoms with Crippen molar-refractivity contribution in [2.45, 2.75) is 20.3 Å². The van der Waals surface area contributed by atoms with Gasteiger partial charge in [0, 0.05) is 0 Å². The molecule has 2 N–H and O–H groups in total. The molecule has 0 fully saturated rings. The Balaban J connectivity index is 2.67. The van der Waals surface area contributed by atoms with Crippen molar-refractivity contribution in [3.63, 3.8) is 0 Å². The third-order valence-electron chi connectivity index (χ3n) is 3.64. The van der Waals surface area contributed by atoms with Crippen molar-refractivity contribution in [1.82, 2.24) is 0 Å². The highest BCUT2D eigenvalue weighted by atomic mass is 16.4. The monoisotopic (exact) mass is 284 g/mol. The van der Waals surface area contributed by atoms with Crippen molar-refractivity contribution in [2.75, 3.05) is 0 Å². The molecule has 0 aliphatic carbocycles. The average molecular weight is 284 g/mol. The molecule has 0 saturated carbocycles. The standard InChI is InChI=1S/C17H16O4/c1-10-8-14(16(18)19)15(17(20)21)13(11(10)2)9-12-6-4-3-5-7-12/h3-8H,9H2,1-2H3,(H,18,19)(H,20,21). The summed E-state index contributed by atoms with van der Waals surface area (Å²) in [6, 6.07) is 10.8. The Morgan fingerprint density at radius 3 is 2.14 bits per heavy atom. The Morgan fingerprint density at radius 1 is 1.00 bits per heavy atom. The second kappa shape index (κ2) is 5.79. The fourth-order valence-electron chi connectivity index (χ4n) is 2.42. The summed E-state index contributed by atoms with van der Waals surface area (Å²) in [5.41, 5.74) is 2.84. The first-order valence-electron chi connectivity index (χ1n) is 6.55. The van der Waals surface area contributed by atoms with Crippen LogP contribution in [-0.4, -0.2) is 22.2 Å². The second-order valence-corrected chi connectivity index (χ2v) is 4.99. The first kappa shape index (κ1) is 14.8. The van der Waals surface area contributed by atoms with Gasteiger partial charge in [0.2, 0.25) is 0 Å². The van der Waals surface area contributed by atoms with Crippen LogP contribution in [0.2, 0.25) is 0 Å². The van der Waals surface area contributed by atoms with Crippen LogP contribution in [0.15, 0.2) is 36.4 Å². The van der Waals surface area contributed by atoms with Gasteiger partial charge in [0.1, 0.15) is 0 Å². The minimum atomic E-state index is -1.22. The summed E-state index contributed by atoms with van der Waals surface area (Å²) in [4.78, 5) is 22.9. The van der Waals surface area contributed by atoms with E-state index < -0.39 is 11.9 Å². The molecule has 0 unspecified atom stereocenters. The van der Waals surface area contributed by atoms with E-state index >= 15 is 0 Å². The van der Waals surface area contributed by atoms with Gasteiger partial charge < -0.3 is 10.2 Å². The van der Waals surface area contributed by atoms with Gasteiger partial charge in [-0.3, -0.25) is 0 Å². The molecule has 0 radical (unpaired) electrons. The van der Waals surface area contributed by atoms with E-state index in [-0.39, 0.29) is 11.1 Å². The molecule has 0 heterocycles. The summed E-state index contributed by atoms with van der Waals surface area (Å²) >= 11 is 0. The summed E-state index contributed by atoms with van der Waals surface area (Å²) in [5.74, 6) is -2.42. The molecule has 0 amide bonds. The first-order chi connectivity index (χ1) is 9.91. The zero-order valence-electron chi connectivity index (χ0n) is 11.9. The van der Waals surface area contributed by atoms with E-state index in [0.717, 1.165) is 16.7 Å². The van der Waals surface area contributed by atoms with Gasteiger partial charge in [-0.05, 0) is 48.6 Å². The maximum Gasteiger partial charge on any atom is 0.336 e. The first-order valence-corrected chi connectivity index (χ1v) is 6.55. The van der Waals surface area contributed by atoms with Crippen LogP contribution < -0.4 is 0 Å². The quantitative estimate of drug-likeness (QED) is 0.903. The van der Waals surface area contributed by atoms with Crippen LogP contribution in [0, 0.1) is 13.8 Å². The van der Waals surface area contributed by atoms with Crippen LogP contribution in [0.25, 0.3) is 0 Å². The number of carboxylic acids is 2. The fraction of sp³-hybridized carbons (Fsp3) is 0.176. The van der Waals surface area contributed by atoms with Crippen molar-refractivity contribution in [2.24, 2.45) is 0 Å². The van der Waals surface area contributed by atoms with Gasteiger partial charge in [0.15, 0.2) is 0 Å². The Kier molecular flexibility index (Phi) is 4.08. The zero-order chi connectivity index (χ0) is 15.6. The van der Waals surface area contributed by atoms with Crippen molar-refractivity contribution >= 4 is 11.9 Å². The normalized spacial score (nSPS) is 10.4. The number of carboxylic acid groups (broad SMARTS) is 2. The number of benzene rings is 2. The molecule has 0 spiro atoms. The highest BCUT2D eigenvalue weighted by Gasteiger charge is 2.23. The van der Waals surface area contributed by atoms with Crippen molar-refractivity contribution in [3.05, 3.63) is 69.8 Å². The lowest BCUT2D eigenvalue weighted by molar-refractivity contribution is 0.0650. The van der Waals surface area contributed by atoms with Gasteiger partial charge in [0.05, 0.1) is 11.1 Å². The largest absolute Gasteiger partial charge is 0.478 e. The number of aryl methyl sites for hydroxylation is 1. The maximum absolute atomic E-state index is 11.5. The molecule has 0 aromatic heterocycles. The Bertz CT molecular complexity index is 702. The predicted molar refractivity (Wildman–Crippen MR) is 79.1 cm³/mol. The van der Waals surface area contributed by atoms with Crippen molar-refractivity contribution in [3.8, 4) is 0 Å². The maximum atomic E-state index is 11.5. The summed E-state index contributed by atoms with van der Waals surface area (Å²) < 4.78 is 0. The Labute approximate surface area is 122 Å². The molecular formula is C17H16O4. The third kappa shape index (κ3) is 2.94.